The van der Waals surface area contributed by atoms with Crippen molar-refractivity contribution in [3.63, 3.8) is 0 Å². The monoisotopic (exact) mass is 399 g/mol. The summed E-state index contributed by atoms with van der Waals surface area (Å²) in [5.41, 5.74) is 1.27. The van der Waals surface area contributed by atoms with E-state index in [9.17, 15) is 9.59 Å². The Labute approximate surface area is 166 Å². The van der Waals surface area contributed by atoms with Crippen molar-refractivity contribution in [2.45, 2.75) is 13.5 Å². The van der Waals surface area contributed by atoms with Gasteiger partial charge in [-0.3, -0.25) is 9.59 Å². The Morgan fingerprint density at radius 3 is 2.89 bits per heavy atom. The van der Waals surface area contributed by atoms with Gasteiger partial charge in [0.1, 0.15) is 10.5 Å². The second kappa shape index (κ2) is 8.71. The van der Waals surface area contributed by atoms with Crippen LogP contribution in [0.25, 0.3) is 16.3 Å². The lowest BCUT2D eigenvalue weighted by Crippen LogP contribution is -2.26. The van der Waals surface area contributed by atoms with Gasteiger partial charge in [-0.05, 0) is 42.1 Å². The van der Waals surface area contributed by atoms with Crippen LogP contribution in [0.5, 0.6) is 11.5 Å². The van der Waals surface area contributed by atoms with Crippen LogP contribution in [0.2, 0.25) is 0 Å². The molecule has 0 spiro atoms. The van der Waals surface area contributed by atoms with Crippen molar-refractivity contribution in [2.24, 2.45) is 0 Å². The third-order valence-electron chi connectivity index (χ3n) is 4.03. The fourth-order valence-corrected chi connectivity index (χ4v) is 3.38. The van der Waals surface area contributed by atoms with Gasteiger partial charge in [-0.25, -0.2) is 4.98 Å². The van der Waals surface area contributed by atoms with Crippen LogP contribution in [-0.2, 0) is 11.3 Å². The maximum Gasteiger partial charge on any atom is 0.268 e. The number of nitrogens with zero attached hydrogens (tertiary/aromatic N) is 2. The third kappa shape index (κ3) is 4.40. The lowest BCUT2D eigenvalue weighted by molar-refractivity contribution is -0.125. The van der Waals surface area contributed by atoms with E-state index >= 15 is 0 Å². The number of hydrogen-bond acceptors (Lipinski definition) is 6. The number of rotatable bonds is 7. The van der Waals surface area contributed by atoms with E-state index < -0.39 is 0 Å². The first-order valence-corrected chi connectivity index (χ1v) is 9.60. The van der Waals surface area contributed by atoms with Crippen LogP contribution in [0.3, 0.4) is 0 Å². The zero-order valence-corrected chi connectivity index (χ0v) is 16.7. The molecular formula is C20H21N3O4S. The lowest BCUT2D eigenvalue weighted by atomic mass is 10.2. The number of likely N-dealkylation sites (N-methyl/N-ethyl adjacent to an activating group) is 1. The van der Waals surface area contributed by atoms with E-state index in [1.54, 1.807) is 32.4 Å². The maximum absolute atomic E-state index is 12.4. The van der Waals surface area contributed by atoms with Gasteiger partial charge in [0.05, 0.1) is 25.8 Å². The van der Waals surface area contributed by atoms with Gasteiger partial charge < -0.3 is 19.4 Å². The SMILES string of the molecule is CCOc1cc(/C=C/C(=O)N(C)Cc2nc3ccsc3c(=O)[nH]2)ccc1OC. The zero-order valence-electron chi connectivity index (χ0n) is 15.9. The first-order valence-electron chi connectivity index (χ1n) is 8.72. The number of thiophene rings is 1. The minimum absolute atomic E-state index is 0.187. The Morgan fingerprint density at radius 2 is 2.14 bits per heavy atom. The summed E-state index contributed by atoms with van der Waals surface area (Å²) in [7, 11) is 3.24. The van der Waals surface area contributed by atoms with Crippen molar-refractivity contribution < 1.29 is 14.3 Å². The molecule has 3 rings (SSSR count). The predicted molar refractivity (Wildman–Crippen MR) is 110 cm³/mol. The number of hydrogen-bond donors (Lipinski definition) is 1. The van der Waals surface area contributed by atoms with E-state index in [-0.39, 0.29) is 18.0 Å². The third-order valence-corrected chi connectivity index (χ3v) is 4.94. The Kier molecular flexibility index (Phi) is 6.10. The molecule has 0 unspecified atom stereocenters. The van der Waals surface area contributed by atoms with Gasteiger partial charge in [0.15, 0.2) is 11.5 Å². The fraction of sp³-hybridized carbons (Fsp3) is 0.250. The Morgan fingerprint density at radius 1 is 1.32 bits per heavy atom. The zero-order chi connectivity index (χ0) is 20.1. The highest BCUT2D eigenvalue weighted by Crippen LogP contribution is 2.28. The second-order valence-corrected chi connectivity index (χ2v) is 6.93. The summed E-state index contributed by atoms with van der Waals surface area (Å²) in [4.78, 5) is 33.1. The standard InChI is InChI=1S/C20H21N3O4S/c1-4-27-16-11-13(5-7-15(16)26-3)6-8-18(24)23(2)12-17-21-14-9-10-28-19(14)20(25)22-17/h5-11H,4,12H2,1-3H3,(H,21,22,25)/b8-6+. The number of nitrogens with one attached hydrogen (secondary N) is 1. The molecule has 0 aliphatic carbocycles. The minimum atomic E-state index is -0.207. The van der Waals surface area contributed by atoms with Gasteiger partial charge in [0.2, 0.25) is 5.91 Å². The molecule has 3 aromatic rings. The number of ether oxygens (including phenoxy) is 2. The Bertz CT molecular complexity index is 1070. The minimum Gasteiger partial charge on any atom is -0.493 e. The molecule has 2 heterocycles. The molecule has 146 valence electrons. The van der Waals surface area contributed by atoms with Crippen LogP contribution in [0.1, 0.15) is 18.3 Å². The van der Waals surface area contributed by atoms with Gasteiger partial charge in [0.25, 0.3) is 5.56 Å². The summed E-state index contributed by atoms with van der Waals surface area (Å²) >= 11 is 1.34. The number of H-pyrrole nitrogens is 1. The van der Waals surface area contributed by atoms with Crippen LogP contribution < -0.4 is 15.0 Å². The lowest BCUT2D eigenvalue weighted by Gasteiger charge is -2.14. The second-order valence-electron chi connectivity index (χ2n) is 6.02. The number of carbonyl (C=O) groups is 1. The molecule has 0 aliphatic heterocycles. The molecule has 1 aromatic carbocycles. The van der Waals surface area contributed by atoms with E-state index in [0.717, 1.165) is 5.56 Å². The molecule has 8 heteroatoms. The molecule has 1 N–H and O–H groups in total. The smallest absolute Gasteiger partial charge is 0.268 e. The van der Waals surface area contributed by atoms with Crippen LogP contribution in [0.4, 0.5) is 0 Å². The van der Waals surface area contributed by atoms with Gasteiger partial charge in [-0.15, -0.1) is 11.3 Å². The van der Waals surface area contributed by atoms with Gasteiger partial charge >= 0.3 is 0 Å². The number of amides is 1. The van der Waals surface area contributed by atoms with Crippen molar-refractivity contribution in [1.29, 1.82) is 0 Å². The topological polar surface area (TPSA) is 84.5 Å². The summed E-state index contributed by atoms with van der Waals surface area (Å²) in [6, 6.07) is 7.24. The molecular weight excluding hydrogens is 378 g/mol. The molecule has 0 saturated carbocycles. The van der Waals surface area contributed by atoms with E-state index in [4.69, 9.17) is 9.47 Å². The highest BCUT2D eigenvalue weighted by atomic mass is 32.1. The number of carbonyl (C=O) groups excluding carboxylic acids is 1. The van der Waals surface area contributed by atoms with Crippen molar-refractivity contribution in [1.82, 2.24) is 14.9 Å². The maximum atomic E-state index is 12.4. The average molecular weight is 399 g/mol. The Balaban J connectivity index is 1.71. The summed E-state index contributed by atoms with van der Waals surface area (Å²) < 4.78 is 11.4. The van der Waals surface area contributed by atoms with Crippen LogP contribution >= 0.6 is 11.3 Å². The highest BCUT2D eigenvalue weighted by molar-refractivity contribution is 7.17. The average Bonchev–Trinajstić information content (AvgIpc) is 3.15. The van der Waals surface area contributed by atoms with E-state index in [1.807, 2.05) is 24.4 Å². The quantitative estimate of drug-likeness (QED) is 0.617. The van der Waals surface area contributed by atoms with Gasteiger partial charge in [-0.1, -0.05) is 6.07 Å². The summed E-state index contributed by atoms with van der Waals surface area (Å²) in [5.74, 6) is 1.50. The molecule has 0 atom stereocenters. The number of benzene rings is 1. The normalized spacial score (nSPS) is 11.1. The van der Waals surface area contributed by atoms with E-state index in [1.165, 1.54) is 22.3 Å². The molecule has 0 fully saturated rings. The number of fused-ring (bicyclic) bond motifs is 1. The number of methoxy groups -OCH3 is 1. The molecule has 2 aromatic heterocycles. The molecule has 28 heavy (non-hydrogen) atoms. The first-order chi connectivity index (χ1) is 13.5. The summed E-state index contributed by atoms with van der Waals surface area (Å²) in [5, 5.41) is 1.82. The van der Waals surface area contributed by atoms with E-state index in [0.29, 0.717) is 34.1 Å². The largest absolute Gasteiger partial charge is 0.493 e. The van der Waals surface area contributed by atoms with Crippen LogP contribution in [-0.4, -0.2) is 41.5 Å². The predicted octanol–water partition coefficient (Wildman–Crippen LogP) is 3.06. The van der Waals surface area contributed by atoms with Crippen molar-refractivity contribution in [2.75, 3.05) is 20.8 Å². The number of aromatic nitrogens is 2. The Hall–Kier alpha value is -3.13. The molecule has 1 amide bonds. The first kappa shape index (κ1) is 19.6. The summed E-state index contributed by atoms with van der Waals surface area (Å²) in [6.07, 6.45) is 3.18. The summed E-state index contributed by atoms with van der Waals surface area (Å²) in [6.45, 7) is 2.62. The van der Waals surface area contributed by atoms with Crippen molar-refractivity contribution >= 4 is 33.5 Å². The molecule has 7 nitrogen and oxygen atoms in total. The van der Waals surface area contributed by atoms with Crippen LogP contribution in [0, 0.1) is 0 Å². The van der Waals surface area contributed by atoms with Gasteiger partial charge in [0, 0.05) is 13.1 Å². The van der Waals surface area contributed by atoms with Crippen molar-refractivity contribution in [3.8, 4) is 11.5 Å². The number of aromatic amines is 1. The van der Waals surface area contributed by atoms with E-state index in [2.05, 4.69) is 9.97 Å². The van der Waals surface area contributed by atoms with Crippen molar-refractivity contribution in [3.05, 3.63) is 57.5 Å². The molecule has 0 saturated heterocycles. The molecule has 0 radical (unpaired) electrons. The highest BCUT2D eigenvalue weighted by Gasteiger charge is 2.11. The van der Waals surface area contributed by atoms with Gasteiger partial charge in [-0.2, -0.15) is 0 Å². The fourth-order valence-electron chi connectivity index (χ4n) is 2.66. The molecule has 0 aliphatic rings. The van der Waals surface area contributed by atoms with Crippen LogP contribution in [0.15, 0.2) is 40.5 Å². The molecule has 0 bridgehead atoms.